The predicted molar refractivity (Wildman–Crippen MR) is 146 cm³/mol. The summed E-state index contributed by atoms with van der Waals surface area (Å²) in [5, 5.41) is 3.98. The third kappa shape index (κ3) is 5.83. The zero-order valence-corrected chi connectivity index (χ0v) is 21.0. The molecule has 36 heavy (non-hydrogen) atoms. The molecule has 5 nitrogen and oxygen atoms in total. The minimum atomic E-state index is -0.0518. The summed E-state index contributed by atoms with van der Waals surface area (Å²) in [4.78, 5) is 21.8. The van der Waals surface area contributed by atoms with Gasteiger partial charge in [0, 0.05) is 24.1 Å². The summed E-state index contributed by atoms with van der Waals surface area (Å²) >= 11 is 1.73. The van der Waals surface area contributed by atoms with E-state index in [0.717, 1.165) is 33.9 Å². The van der Waals surface area contributed by atoms with Crippen LogP contribution in [0.3, 0.4) is 0 Å². The average Bonchev–Trinajstić information content (AvgIpc) is 3.26. The number of thioether (sulfide) groups is 1. The van der Waals surface area contributed by atoms with Crippen molar-refractivity contribution in [3.8, 4) is 0 Å². The number of aromatic nitrogens is 3. The zero-order chi connectivity index (χ0) is 24.7. The molecule has 3 aromatic carbocycles. The van der Waals surface area contributed by atoms with Crippen LogP contribution < -0.4 is 5.32 Å². The minimum absolute atomic E-state index is 0.0518. The SMILES string of the molecule is Cc1ccc(CSc2nc3ccncc3n2Cc2ccc(C(=O)NCCc3ccccc3)cc2)cc1. The number of rotatable bonds is 9. The Morgan fingerprint density at radius 3 is 2.42 bits per heavy atom. The lowest BCUT2D eigenvalue weighted by molar-refractivity contribution is 0.0954. The third-order valence-corrected chi connectivity index (χ3v) is 7.15. The number of carbonyl (C=O) groups excluding carboxylic acids is 1. The van der Waals surface area contributed by atoms with Crippen LogP contribution in [0.4, 0.5) is 0 Å². The van der Waals surface area contributed by atoms with Gasteiger partial charge in [0.05, 0.1) is 23.8 Å². The number of aryl methyl sites for hydroxylation is 1. The molecule has 6 heteroatoms. The molecule has 0 saturated heterocycles. The summed E-state index contributed by atoms with van der Waals surface area (Å²) in [5.41, 5.74) is 7.46. The predicted octanol–water partition coefficient (Wildman–Crippen LogP) is 6.05. The number of hydrogen-bond donors (Lipinski definition) is 1. The standard InChI is InChI=1S/C30H28N4OS/c1-22-7-9-25(10-8-22)21-36-30-33-27-16-17-31-19-28(27)34(30)20-24-11-13-26(14-12-24)29(35)32-18-15-23-5-3-2-4-6-23/h2-14,16-17,19H,15,18,20-21H2,1H3,(H,32,35). The number of pyridine rings is 1. The first-order chi connectivity index (χ1) is 17.7. The van der Waals surface area contributed by atoms with E-state index in [9.17, 15) is 4.79 Å². The fourth-order valence-corrected chi connectivity index (χ4v) is 5.02. The number of hydrogen-bond acceptors (Lipinski definition) is 4. The maximum Gasteiger partial charge on any atom is 0.251 e. The second kappa shape index (κ2) is 11.2. The summed E-state index contributed by atoms with van der Waals surface area (Å²) in [6.45, 7) is 3.37. The second-order valence-electron chi connectivity index (χ2n) is 8.81. The van der Waals surface area contributed by atoms with Gasteiger partial charge in [0.15, 0.2) is 5.16 Å². The molecule has 0 aliphatic carbocycles. The maximum absolute atomic E-state index is 12.6. The first-order valence-corrected chi connectivity index (χ1v) is 13.0. The highest BCUT2D eigenvalue weighted by Gasteiger charge is 2.13. The number of carbonyl (C=O) groups is 1. The summed E-state index contributed by atoms with van der Waals surface area (Å²) < 4.78 is 2.20. The van der Waals surface area contributed by atoms with Gasteiger partial charge in [0.1, 0.15) is 0 Å². The number of nitrogens with one attached hydrogen (secondary N) is 1. The fourth-order valence-electron chi connectivity index (χ4n) is 4.05. The zero-order valence-electron chi connectivity index (χ0n) is 20.2. The van der Waals surface area contributed by atoms with E-state index in [-0.39, 0.29) is 5.91 Å². The Kier molecular flexibility index (Phi) is 7.43. The van der Waals surface area contributed by atoms with Crippen molar-refractivity contribution in [3.63, 3.8) is 0 Å². The normalized spacial score (nSPS) is 11.0. The van der Waals surface area contributed by atoms with E-state index >= 15 is 0 Å². The van der Waals surface area contributed by atoms with E-state index in [1.54, 1.807) is 18.0 Å². The lowest BCUT2D eigenvalue weighted by Gasteiger charge is -2.10. The Bertz CT molecular complexity index is 1440. The van der Waals surface area contributed by atoms with Crippen LogP contribution >= 0.6 is 11.8 Å². The molecule has 5 aromatic rings. The largest absolute Gasteiger partial charge is 0.352 e. The molecule has 180 valence electrons. The first kappa shape index (κ1) is 23.8. The number of benzene rings is 3. The van der Waals surface area contributed by atoms with Gasteiger partial charge in [0.25, 0.3) is 5.91 Å². The fraction of sp³-hybridized carbons (Fsp3) is 0.167. The molecule has 1 N–H and O–H groups in total. The number of nitrogens with zero attached hydrogens (tertiary/aromatic N) is 3. The van der Waals surface area contributed by atoms with Crippen molar-refractivity contribution in [1.82, 2.24) is 19.9 Å². The van der Waals surface area contributed by atoms with Crippen LogP contribution in [-0.2, 0) is 18.7 Å². The van der Waals surface area contributed by atoms with Gasteiger partial charge in [-0.25, -0.2) is 4.98 Å². The summed E-state index contributed by atoms with van der Waals surface area (Å²) in [6.07, 6.45) is 4.46. The first-order valence-electron chi connectivity index (χ1n) is 12.1. The molecule has 0 unspecified atom stereocenters. The van der Waals surface area contributed by atoms with Crippen molar-refractivity contribution in [2.45, 2.75) is 30.8 Å². The smallest absolute Gasteiger partial charge is 0.251 e. The van der Waals surface area contributed by atoms with Gasteiger partial charge in [-0.1, -0.05) is 84.1 Å². The molecule has 0 atom stereocenters. The van der Waals surface area contributed by atoms with Crippen molar-refractivity contribution in [2.75, 3.05) is 6.54 Å². The molecule has 0 fully saturated rings. The van der Waals surface area contributed by atoms with E-state index in [4.69, 9.17) is 4.98 Å². The van der Waals surface area contributed by atoms with Crippen LogP contribution in [-0.4, -0.2) is 27.0 Å². The van der Waals surface area contributed by atoms with Crippen molar-refractivity contribution in [1.29, 1.82) is 0 Å². The van der Waals surface area contributed by atoms with Crippen LogP contribution in [0.5, 0.6) is 0 Å². The van der Waals surface area contributed by atoms with Crippen molar-refractivity contribution in [3.05, 3.63) is 125 Å². The number of amides is 1. The summed E-state index contributed by atoms with van der Waals surface area (Å²) in [6, 6.07) is 28.6. The average molecular weight is 493 g/mol. The van der Waals surface area contributed by atoms with Gasteiger partial charge >= 0.3 is 0 Å². The number of imidazole rings is 1. The lowest BCUT2D eigenvalue weighted by atomic mass is 10.1. The molecule has 0 aliphatic rings. The molecular weight excluding hydrogens is 464 g/mol. The summed E-state index contributed by atoms with van der Waals surface area (Å²) in [7, 11) is 0. The molecule has 0 radical (unpaired) electrons. The number of fused-ring (bicyclic) bond motifs is 1. The second-order valence-corrected chi connectivity index (χ2v) is 9.75. The van der Waals surface area contributed by atoms with Gasteiger partial charge in [-0.3, -0.25) is 9.78 Å². The highest BCUT2D eigenvalue weighted by molar-refractivity contribution is 7.98. The molecule has 2 aromatic heterocycles. The molecule has 0 spiro atoms. The van der Waals surface area contributed by atoms with E-state index in [1.807, 2.05) is 54.7 Å². The lowest BCUT2D eigenvalue weighted by Crippen LogP contribution is -2.25. The van der Waals surface area contributed by atoms with Crippen LogP contribution in [0.1, 0.15) is 32.6 Å². The van der Waals surface area contributed by atoms with Crippen molar-refractivity contribution in [2.24, 2.45) is 0 Å². The third-order valence-electron chi connectivity index (χ3n) is 6.10. The van der Waals surface area contributed by atoms with Gasteiger partial charge in [0.2, 0.25) is 0 Å². The monoisotopic (exact) mass is 492 g/mol. The van der Waals surface area contributed by atoms with E-state index in [1.165, 1.54) is 16.7 Å². The molecule has 1 amide bonds. The van der Waals surface area contributed by atoms with Crippen LogP contribution in [0.25, 0.3) is 11.0 Å². The topological polar surface area (TPSA) is 59.8 Å². The van der Waals surface area contributed by atoms with E-state index in [2.05, 4.69) is 58.2 Å². The molecule has 0 bridgehead atoms. The Balaban J connectivity index is 1.26. The Morgan fingerprint density at radius 1 is 0.889 bits per heavy atom. The van der Waals surface area contributed by atoms with Crippen LogP contribution in [0, 0.1) is 6.92 Å². The minimum Gasteiger partial charge on any atom is -0.352 e. The molecule has 0 saturated carbocycles. The van der Waals surface area contributed by atoms with Gasteiger partial charge < -0.3 is 9.88 Å². The van der Waals surface area contributed by atoms with Crippen LogP contribution in [0.2, 0.25) is 0 Å². The highest BCUT2D eigenvalue weighted by Crippen LogP contribution is 2.27. The van der Waals surface area contributed by atoms with Gasteiger partial charge in [-0.2, -0.15) is 0 Å². The Hall–Kier alpha value is -3.90. The Morgan fingerprint density at radius 2 is 1.64 bits per heavy atom. The summed E-state index contributed by atoms with van der Waals surface area (Å²) in [5.74, 6) is 0.795. The molecule has 2 heterocycles. The molecule has 5 rings (SSSR count). The van der Waals surface area contributed by atoms with Gasteiger partial charge in [-0.15, -0.1) is 0 Å². The van der Waals surface area contributed by atoms with E-state index < -0.39 is 0 Å². The maximum atomic E-state index is 12.6. The molecule has 0 aliphatic heterocycles. The molecular formula is C30H28N4OS. The van der Waals surface area contributed by atoms with Crippen LogP contribution in [0.15, 0.2) is 102 Å². The quantitative estimate of drug-likeness (QED) is 0.254. The van der Waals surface area contributed by atoms with Gasteiger partial charge in [-0.05, 0) is 48.2 Å². The highest BCUT2D eigenvalue weighted by atomic mass is 32.2. The van der Waals surface area contributed by atoms with E-state index in [0.29, 0.717) is 18.7 Å². The van der Waals surface area contributed by atoms with Crippen molar-refractivity contribution >= 4 is 28.7 Å². The Labute approximate surface area is 215 Å². The van der Waals surface area contributed by atoms with Crippen molar-refractivity contribution < 1.29 is 4.79 Å².